The molecule has 14 heavy (non-hydrogen) atoms. The van der Waals surface area contributed by atoms with E-state index in [0.29, 0.717) is 6.04 Å². The van der Waals surface area contributed by atoms with E-state index in [1.807, 2.05) is 0 Å². The molecule has 3 heteroatoms. The largest absolute Gasteiger partial charge is 0.466 e. The maximum absolute atomic E-state index is 10.8. The second-order valence-electron chi connectivity index (χ2n) is 4.90. The van der Waals surface area contributed by atoms with Gasteiger partial charge in [-0.25, -0.2) is 4.79 Å². The average Bonchev–Trinajstić information content (AvgIpc) is 2.47. The van der Waals surface area contributed by atoms with Gasteiger partial charge in [0.2, 0.25) is 0 Å². The first-order chi connectivity index (χ1) is 6.34. The van der Waals surface area contributed by atoms with Crippen molar-refractivity contribution in [1.29, 1.82) is 0 Å². The zero-order valence-electron chi connectivity index (χ0n) is 9.55. The van der Waals surface area contributed by atoms with Crippen LogP contribution in [0, 0.1) is 10.8 Å². The summed E-state index contributed by atoms with van der Waals surface area (Å²) in [6.45, 7) is 8.88. The Morgan fingerprint density at radius 2 is 1.79 bits per heavy atom. The summed E-state index contributed by atoms with van der Waals surface area (Å²) in [6.07, 6.45) is 3.08. The number of esters is 1. The molecule has 0 aromatic rings. The highest BCUT2D eigenvalue weighted by Gasteiger charge is 2.64. The highest BCUT2D eigenvalue weighted by Crippen LogP contribution is 2.62. The first-order valence-corrected chi connectivity index (χ1v) is 4.84. The minimum Gasteiger partial charge on any atom is -0.466 e. The normalized spacial score (nSPS) is 23.5. The van der Waals surface area contributed by atoms with Crippen LogP contribution >= 0.6 is 0 Å². The number of carbonyl (C=O) groups is 1. The summed E-state index contributed by atoms with van der Waals surface area (Å²) in [7, 11) is 1.37. The van der Waals surface area contributed by atoms with E-state index >= 15 is 0 Å². The number of methoxy groups -OCH3 is 1. The van der Waals surface area contributed by atoms with Crippen LogP contribution in [-0.2, 0) is 9.53 Å². The number of rotatable bonds is 3. The summed E-state index contributed by atoms with van der Waals surface area (Å²) in [6, 6.07) is 0.427. The zero-order chi connectivity index (χ0) is 11.0. The Balaban J connectivity index is 2.43. The molecule has 0 aliphatic heterocycles. The molecule has 0 unspecified atom stereocenters. The number of carbonyl (C=O) groups excluding carboxylic acids is 1. The molecule has 1 N–H and O–H groups in total. The molecule has 0 saturated heterocycles. The third-order valence-corrected chi connectivity index (χ3v) is 3.70. The Kier molecular flexibility index (Phi) is 2.61. The molecular formula is C11H19NO2. The van der Waals surface area contributed by atoms with Crippen molar-refractivity contribution in [3.05, 3.63) is 12.3 Å². The SMILES string of the molecule is COC(=O)/C=C/NC1C(C)(C)C1(C)C. The molecule has 0 amide bonds. The van der Waals surface area contributed by atoms with E-state index in [-0.39, 0.29) is 16.8 Å². The first kappa shape index (κ1) is 11.1. The van der Waals surface area contributed by atoms with Crippen molar-refractivity contribution >= 4 is 5.97 Å². The van der Waals surface area contributed by atoms with E-state index in [1.165, 1.54) is 13.2 Å². The lowest BCUT2D eigenvalue weighted by atomic mass is 10.0. The predicted molar refractivity (Wildman–Crippen MR) is 55.6 cm³/mol. The third kappa shape index (κ3) is 1.63. The summed E-state index contributed by atoms with van der Waals surface area (Å²) in [5.74, 6) is -0.325. The number of nitrogens with one attached hydrogen (secondary N) is 1. The van der Waals surface area contributed by atoms with Crippen molar-refractivity contribution in [2.75, 3.05) is 7.11 Å². The third-order valence-electron chi connectivity index (χ3n) is 3.70. The average molecular weight is 197 g/mol. The van der Waals surface area contributed by atoms with Gasteiger partial charge in [0.1, 0.15) is 0 Å². The minimum atomic E-state index is -0.325. The van der Waals surface area contributed by atoms with Crippen LogP contribution in [0.5, 0.6) is 0 Å². The van der Waals surface area contributed by atoms with Crippen LogP contribution in [0.15, 0.2) is 12.3 Å². The Morgan fingerprint density at radius 3 is 2.14 bits per heavy atom. The van der Waals surface area contributed by atoms with Crippen molar-refractivity contribution in [2.24, 2.45) is 10.8 Å². The second-order valence-corrected chi connectivity index (χ2v) is 4.90. The number of hydrogen-bond acceptors (Lipinski definition) is 3. The molecule has 0 radical (unpaired) electrons. The maximum atomic E-state index is 10.8. The van der Waals surface area contributed by atoms with E-state index in [1.54, 1.807) is 6.20 Å². The van der Waals surface area contributed by atoms with Gasteiger partial charge in [0, 0.05) is 18.3 Å². The fraction of sp³-hybridized carbons (Fsp3) is 0.727. The minimum absolute atomic E-state index is 0.285. The van der Waals surface area contributed by atoms with Gasteiger partial charge in [0.05, 0.1) is 7.11 Å². The predicted octanol–water partition coefficient (Wildman–Crippen LogP) is 1.70. The van der Waals surface area contributed by atoms with Crippen LogP contribution in [0.1, 0.15) is 27.7 Å². The van der Waals surface area contributed by atoms with Crippen molar-refractivity contribution in [2.45, 2.75) is 33.7 Å². The van der Waals surface area contributed by atoms with Crippen LogP contribution in [0.4, 0.5) is 0 Å². The first-order valence-electron chi connectivity index (χ1n) is 4.84. The quantitative estimate of drug-likeness (QED) is 0.553. The maximum Gasteiger partial charge on any atom is 0.331 e. The van der Waals surface area contributed by atoms with Gasteiger partial charge in [0.25, 0.3) is 0 Å². The molecule has 1 aliphatic rings. The fourth-order valence-electron chi connectivity index (χ4n) is 1.89. The fourth-order valence-corrected chi connectivity index (χ4v) is 1.89. The second kappa shape index (κ2) is 3.30. The molecule has 0 spiro atoms. The van der Waals surface area contributed by atoms with E-state index in [2.05, 4.69) is 37.7 Å². The van der Waals surface area contributed by atoms with Crippen LogP contribution in [0.25, 0.3) is 0 Å². The molecule has 1 saturated carbocycles. The summed E-state index contributed by atoms with van der Waals surface area (Å²) < 4.78 is 4.49. The lowest BCUT2D eigenvalue weighted by molar-refractivity contribution is -0.134. The Bertz CT molecular complexity index is 252. The lowest BCUT2D eigenvalue weighted by Crippen LogP contribution is -2.16. The molecule has 0 bridgehead atoms. The Morgan fingerprint density at radius 1 is 1.29 bits per heavy atom. The van der Waals surface area contributed by atoms with Gasteiger partial charge in [-0.2, -0.15) is 0 Å². The van der Waals surface area contributed by atoms with Gasteiger partial charge in [0.15, 0.2) is 0 Å². The van der Waals surface area contributed by atoms with Gasteiger partial charge in [-0.15, -0.1) is 0 Å². The van der Waals surface area contributed by atoms with Gasteiger partial charge in [-0.3, -0.25) is 0 Å². The lowest BCUT2D eigenvalue weighted by Gasteiger charge is -2.02. The summed E-state index contributed by atoms with van der Waals surface area (Å²) in [5.41, 5.74) is 0.570. The van der Waals surface area contributed by atoms with E-state index in [0.717, 1.165) is 0 Å². The molecule has 0 aromatic carbocycles. The van der Waals surface area contributed by atoms with E-state index < -0.39 is 0 Å². The summed E-state index contributed by atoms with van der Waals surface area (Å²) in [5, 5.41) is 3.22. The molecule has 0 heterocycles. The molecule has 1 rings (SSSR count). The van der Waals surface area contributed by atoms with Gasteiger partial charge in [-0.1, -0.05) is 27.7 Å². The molecule has 1 fully saturated rings. The van der Waals surface area contributed by atoms with Crippen LogP contribution in [0.3, 0.4) is 0 Å². The van der Waals surface area contributed by atoms with E-state index in [9.17, 15) is 4.79 Å². The Hall–Kier alpha value is -0.990. The van der Waals surface area contributed by atoms with Crippen molar-refractivity contribution in [3.8, 4) is 0 Å². The van der Waals surface area contributed by atoms with Crippen LogP contribution < -0.4 is 5.32 Å². The molecule has 1 aliphatic carbocycles. The summed E-state index contributed by atoms with van der Waals surface area (Å²) >= 11 is 0. The molecule has 3 nitrogen and oxygen atoms in total. The van der Waals surface area contributed by atoms with E-state index in [4.69, 9.17) is 0 Å². The van der Waals surface area contributed by atoms with Crippen molar-refractivity contribution in [3.63, 3.8) is 0 Å². The van der Waals surface area contributed by atoms with Crippen LogP contribution in [-0.4, -0.2) is 19.1 Å². The molecular weight excluding hydrogens is 178 g/mol. The van der Waals surface area contributed by atoms with Crippen molar-refractivity contribution < 1.29 is 9.53 Å². The topological polar surface area (TPSA) is 38.3 Å². The summed E-state index contributed by atoms with van der Waals surface area (Å²) in [4.78, 5) is 10.8. The smallest absolute Gasteiger partial charge is 0.331 e. The van der Waals surface area contributed by atoms with Crippen LogP contribution in [0.2, 0.25) is 0 Å². The monoisotopic (exact) mass is 197 g/mol. The highest BCUT2D eigenvalue weighted by atomic mass is 16.5. The molecule has 0 atom stereocenters. The van der Waals surface area contributed by atoms with Crippen molar-refractivity contribution in [1.82, 2.24) is 5.32 Å². The highest BCUT2D eigenvalue weighted by molar-refractivity contribution is 5.81. The molecule has 0 aromatic heterocycles. The number of ether oxygens (including phenoxy) is 1. The zero-order valence-corrected chi connectivity index (χ0v) is 9.55. The van der Waals surface area contributed by atoms with Gasteiger partial charge < -0.3 is 10.1 Å². The van der Waals surface area contributed by atoms with Gasteiger partial charge >= 0.3 is 5.97 Å². The standard InChI is InChI=1S/C11H19NO2/c1-10(2)9(11(10,3)4)12-7-6-8(13)14-5/h6-7,9,12H,1-5H3/b7-6+. The number of hydrogen-bond donors (Lipinski definition) is 1. The Labute approximate surface area is 85.5 Å². The van der Waals surface area contributed by atoms with Gasteiger partial charge in [-0.05, 0) is 10.8 Å². The molecule has 80 valence electrons.